The highest BCUT2D eigenvalue weighted by atomic mass is 16.5. The molecule has 0 radical (unpaired) electrons. The first-order chi connectivity index (χ1) is 6.80. The van der Waals surface area contributed by atoms with Gasteiger partial charge in [0.15, 0.2) is 0 Å². The van der Waals surface area contributed by atoms with Crippen LogP contribution < -0.4 is 0 Å². The van der Waals surface area contributed by atoms with Crippen molar-refractivity contribution in [1.29, 1.82) is 0 Å². The van der Waals surface area contributed by atoms with Gasteiger partial charge in [-0.05, 0) is 26.7 Å². The van der Waals surface area contributed by atoms with Gasteiger partial charge in [-0.15, -0.1) is 0 Å². The van der Waals surface area contributed by atoms with E-state index in [-0.39, 0.29) is 0 Å². The van der Waals surface area contributed by atoms with Gasteiger partial charge >= 0.3 is 11.9 Å². The maximum atomic E-state index is 11.1. The summed E-state index contributed by atoms with van der Waals surface area (Å²) in [6, 6.07) is 0. The van der Waals surface area contributed by atoms with Crippen molar-refractivity contribution in [3.05, 3.63) is 0 Å². The SMILES string of the molecule is C[C@]12CC[C@](C)(O1)[C@@H](C(=O)O)[C@@H]2C(=O)O. The molecule has 0 aromatic heterocycles. The quantitative estimate of drug-likeness (QED) is 0.707. The van der Waals surface area contributed by atoms with Crippen LogP contribution in [0.2, 0.25) is 0 Å². The largest absolute Gasteiger partial charge is 0.481 e. The van der Waals surface area contributed by atoms with Gasteiger partial charge in [-0.1, -0.05) is 0 Å². The average molecular weight is 214 g/mol. The molecule has 5 heteroatoms. The summed E-state index contributed by atoms with van der Waals surface area (Å²) in [7, 11) is 0. The van der Waals surface area contributed by atoms with E-state index in [9.17, 15) is 9.59 Å². The molecule has 2 saturated heterocycles. The Balaban J connectivity index is 2.45. The van der Waals surface area contributed by atoms with Crippen LogP contribution in [0.1, 0.15) is 26.7 Å². The third-order valence-electron chi connectivity index (χ3n) is 3.77. The Kier molecular flexibility index (Phi) is 1.89. The monoisotopic (exact) mass is 214 g/mol. The third kappa shape index (κ3) is 1.19. The molecular formula is C10H14O5. The number of hydrogen-bond acceptors (Lipinski definition) is 3. The van der Waals surface area contributed by atoms with Crippen molar-refractivity contribution in [1.82, 2.24) is 0 Å². The van der Waals surface area contributed by atoms with Gasteiger partial charge in [0.05, 0.1) is 11.2 Å². The second-order valence-corrected chi connectivity index (χ2v) is 4.86. The number of carboxylic acids is 2. The van der Waals surface area contributed by atoms with Gasteiger partial charge in [0.2, 0.25) is 0 Å². The maximum absolute atomic E-state index is 11.1. The highest BCUT2D eigenvalue weighted by molar-refractivity contribution is 5.83. The first-order valence-electron chi connectivity index (χ1n) is 4.96. The second kappa shape index (κ2) is 2.72. The van der Waals surface area contributed by atoms with E-state index in [1.807, 2.05) is 0 Å². The van der Waals surface area contributed by atoms with E-state index < -0.39 is 35.0 Å². The van der Waals surface area contributed by atoms with E-state index in [4.69, 9.17) is 14.9 Å². The van der Waals surface area contributed by atoms with Crippen LogP contribution in [0.3, 0.4) is 0 Å². The molecule has 0 spiro atoms. The van der Waals surface area contributed by atoms with E-state index in [0.717, 1.165) is 0 Å². The molecule has 84 valence electrons. The normalized spacial score (nSPS) is 48.1. The van der Waals surface area contributed by atoms with E-state index in [2.05, 4.69) is 0 Å². The molecule has 0 aliphatic carbocycles. The number of carboxylic acid groups (broad SMARTS) is 2. The van der Waals surface area contributed by atoms with Crippen LogP contribution in [0, 0.1) is 11.8 Å². The fourth-order valence-electron chi connectivity index (χ4n) is 3.08. The Morgan fingerprint density at radius 1 is 1.07 bits per heavy atom. The fourth-order valence-corrected chi connectivity index (χ4v) is 3.08. The Hall–Kier alpha value is -1.10. The lowest BCUT2D eigenvalue weighted by Crippen LogP contribution is -2.46. The summed E-state index contributed by atoms with van der Waals surface area (Å²) < 4.78 is 5.63. The van der Waals surface area contributed by atoms with Crippen LogP contribution in [0.5, 0.6) is 0 Å². The smallest absolute Gasteiger partial charge is 0.310 e. The number of hydrogen-bond donors (Lipinski definition) is 2. The van der Waals surface area contributed by atoms with Crippen molar-refractivity contribution in [3.63, 3.8) is 0 Å². The molecule has 0 saturated carbocycles. The molecule has 2 rings (SSSR count). The van der Waals surface area contributed by atoms with Gasteiger partial charge in [-0.3, -0.25) is 9.59 Å². The lowest BCUT2D eigenvalue weighted by Gasteiger charge is -2.30. The fraction of sp³-hybridized carbons (Fsp3) is 0.800. The molecule has 2 fully saturated rings. The Labute approximate surface area is 87.0 Å². The average Bonchev–Trinajstić information content (AvgIpc) is 2.49. The van der Waals surface area contributed by atoms with Crippen LogP contribution in [-0.4, -0.2) is 33.4 Å². The molecule has 2 bridgehead atoms. The van der Waals surface area contributed by atoms with Crippen LogP contribution in [0.25, 0.3) is 0 Å². The van der Waals surface area contributed by atoms with Gasteiger partial charge < -0.3 is 14.9 Å². The van der Waals surface area contributed by atoms with Crippen molar-refractivity contribution in [3.8, 4) is 0 Å². The number of ether oxygens (including phenoxy) is 1. The van der Waals surface area contributed by atoms with E-state index in [1.165, 1.54) is 0 Å². The Morgan fingerprint density at radius 2 is 1.40 bits per heavy atom. The minimum atomic E-state index is -1.08. The standard InChI is InChI=1S/C10H14O5/c1-9-3-4-10(2,15-9)6(8(13)14)5(9)7(11)12/h5-6H,3-4H2,1-2H3,(H,11,12)(H,13,14)/t5-,6-,9-,10+/m1/s1. The second-order valence-electron chi connectivity index (χ2n) is 4.86. The molecule has 0 aromatic carbocycles. The topological polar surface area (TPSA) is 83.8 Å². The van der Waals surface area contributed by atoms with Crippen LogP contribution in [-0.2, 0) is 14.3 Å². The molecule has 0 amide bonds. The van der Waals surface area contributed by atoms with Gasteiger partial charge in [0.1, 0.15) is 11.8 Å². The van der Waals surface area contributed by atoms with Crippen molar-refractivity contribution < 1.29 is 24.5 Å². The summed E-state index contributed by atoms with van der Waals surface area (Å²) >= 11 is 0. The zero-order valence-corrected chi connectivity index (χ0v) is 8.69. The maximum Gasteiger partial charge on any atom is 0.310 e. The lowest BCUT2D eigenvalue weighted by molar-refractivity contribution is -0.156. The van der Waals surface area contributed by atoms with Crippen LogP contribution >= 0.6 is 0 Å². The molecule has 15 heavy (non-hydrogen) atoms. The first-order valence-corrected chi connectivity index (χ1v) is 4.96. The lowest BCUT2D eigenvalue weighted by atomic mass is 9.68. The molecule has 2 N–H and O–H groups in total. The van der Waals surface area contributed by atoms with Crippen LogP contribution in [0.15, 0.2) is 0 Å². The number of fused-ring (bicyclic) bond motifs is 2. The van der Waals surface area contributed by atoms with Gasteiger partial charge in [0.25, 0.3) is 0 Å². The summed E-state index contributed by atoms with van der Waals surface area (Å²) in [6.07, 6.45) is 1.23. The highest BCUT2D eigenvalue weighted by Crippen LogP contribution is 2.57. The van der Waals surface area contributed by atoms with E-state index in [0.29, 0.717) is 12.8 Å². The minimum absolute atomic E-state index is 0.615. The van der Waals surface area contributed by atoms with Crippen molar-refractivity contribution in [2.75, 3.05) is 0 Å². The number of carbonyl (C=O) groups is 2. The van der Waals surface area contributed by atoms with Crippen molar-refractivity contribution in [2.45, 2.75) is 37.9 Å². The summed E-state index contributed by atoms with van der Waals surface area (Å²) in [5.41, 5.74) is -1.63. The summed E-state index contributed by atoms with van der Waals surface area (Å²) in [6.45, 7) is 3.39. The molecule has 0 aromatic rings. The zero-order chi connectivity index (χ0) is 11.4. The molecule has 2 aliphatic heterocycles. The predicted molar refractivity (Wildman–Crippen MR) is 49.4 cm³/mol. The molecule has 5 nitrogen and oxygen atoms in total. The Bertz CT molecular complexity index is 307. The molecule has 4 atom stereocenters. The van der Waals surface area contributed by atoms with Crippen molar-refractivity contribution in [2.24, 2.45) is 11.8 Å². The number of rotatable bonds is 2. The summed E-state index contributed by atoms with van der Waals surface area (Å²) in [5, 5.41) is 18.2. The van der Waals surface area contributed by atoms with E-state index in [1.54, 1.807) is 13.8 Å². The highest BCUT2D eigenvalue weighted by Gasteiger charge is 2.68. The van der Waals surface area contributed by atoms with Crippen molar-refractivity contribution >= 4 is 11.9 Å². The third-order valence-corrected chi connectivity index (χ3v) is 3.77. The first kappa shape index (κ1) is 10.4. The zero-order valence-electron chi connectivity index (χ0n) is 8.69. The number of aliphatic carboxylic acids is 2. The van der Waals surface area contributed by atoms with Gasteiger partial charge in [-0.2, -0.15) is 0 Å². The van der Waals surface area contributed by atoms with E-state index >= 15 is 0 Å². The minimum Gasteiger partial charge on any atom is -0.481 e. The van der Waals surface area contributed by atoms with Gasteiger partial charge in [0, 0.05) is 0 Å². The molecule has 2 heterocycles. The molecular weight excluding hydrogens is 200 g/mol. The Morgan fingerprint density at radius 3 is 1.67 bits per heavy atom. The van der Waals surface area contributed by atoms with Crippen LogP contribution in [0.4, 0.5) is 0 Å². The predicted octanol–water partition coefficient (Wildman–Crippen LogP) is 0.729. The summed E-state index contributed by atoms with van der Waals surface area (Å²) in [5.74, 6) is -4.02. The molecule has 0 unspecified atom stereocenters. The molecule has 2 aliphatic rings. The van der Waals surface area contributed by atoms with Gasteiger partial charge in [-0.25, -0.2) is 0 Å². The summed E-state index contributed by atoms with van der Waals surface area (Å²) in [4.78, 5) is 22.2.